The van der Waals surface area contributed by atoms with Crippen molar-refractivity contribution in [2.75, 3.05) is 0 Å². The third-order valence-electron chi connectivity index (χ3n) is 5.54. The molecule has 9 heteroatoms. The topological polar surface area (TPSA) is 83.3 Å². The molecule has 0 aliphatic heterocycles. The predicted molar refractivity (Wildman–Crippen MR) is 106 cm³/mol. The Morgan fingerprint density at radius 1 is 1.14 bits per heavy atom. The fraction of sp³-hybridized carbons (Fsp3) is 0.300. The number of fused-ring (bicyclic) bond motifs is 3. The van der Waals surface area contributed by atoms with E-state index in [0.717, 1.165) is 4.57 Å². The van der Waals surface area contributed by atoms with Gasteiger partial charge in [-0.05, 0) is 39.8 Å². The van der Waals surface area contributed by atoms with Gasteiger partial charge in [0.2, 0.25) is 5.78 Å². The van der Waals surface area contributed by atoms with Gasteiger partial charge < -0.3 is 0 Å². The predicted octanol–water partition coefficient (Wildman–Crippen LogP) is 2.04. The number of carbonyl (C=O) groups is 1. The van der Waals surface area contributed by atoms with Crippen LogP contribution >= 0.6 is 0 Å². The van der Waals surface area contributed by atoms with E-state index < -0.39 is 23.1 Å². The Morgan fingerprint density at radius 3 is 2.41 bits per heavy atom. The highest BCUT2D eigenvalue weighted by Crippen LogP contribution is 2.26. The van der Waals surface area contributed by atoms with E-state index in [9.17, 15) is 18.8 Å². The molecule has 8 nitrogen and oxygen atoms in total. The van der Waals surface area contributed by atoms with E-state index in [2.05, 4.69) is 4.98 Å². The van der Waals surface area contributed by atoms with Crippen LogP contribution in [0.3, 0.4) is 0 Å². The summed E-state index contributed by atoms with van der Waals surface area (Å²) in [6.45, 7) is 6.44. The third-order valence-corrected chi connectivity index (χ3v) is 5.54. The van der Waals surface area contributed by atoms with E-state index >= 15 is 0 Å². The second kappa shape index (κ2) is 6.26. The number of ketones is 1. The average molecular weight is 397 g/mol. The zero-order valence-corrected chi connectivity index (χ0v) is 16.7. The van der Waals surface area contributed by atoms with E-state index in [0.29, 0.717) is 22.9 Å². The Balaban J connectivity index is 2.23. The lowest BCUT2D eigenvalue weighted by Gasteiger charge is -2.12. The normalized spacial score (nSPS) is 12.8. The van der Waals surface area contributed by atoms with Crippen LogP contribution in [0.25, 0.3) is 22.6 Å². The molecule has 0 amide bonds. The number of hydrogen-bond acceptors (Lipinski definition) is 4. The Labute approximate surface area is 164 Å². The number of halogens is 1. The van der Waals surface area contributed by atoms with Crippen molar-refractivity contribution in [3.63, 3.8) is 0 Å². The lowest BCUT2D eigenvalue weighted by Crippen LogP contribution is -2.42. The summed E-state index contributed by atoms with van der Waals surface area (Å²) < 4.78 is 19.9. The molecule has 3 aromatic heterocycles. The highest BCUT2D eigenvalue weighted by atomic mass is 19.1. The van der Waals surface area contributed by atoms with Crippen LogP contribution in [0.5, 0.6) is 0 Å². The van der Waals surface area contributed by atoms with Gasteiger partial charge in [0, 0.05) is 18.4 Å². The van der Waals surface area contributed by atoms with Crippen molar-refractivity contribution in [3.05, 3.63) is 62.3 Å². The molecule has 1 unspecified atom stereocenters. The minimum Gasteiger partial charge on any atom is -0.298 e. The van der Waals surface area contributed by atoms with Gasteiger partial charge in [0.25, 0.3) is 5.56 Å². The van der Waals surface area contributed by atoms with E-state index in [1.807, 2.05) is 0 Å². The molecule has 0 aliphatic carbocycles. The fourth-order valence-corrected chi connectivity index (χ4v) is 3.66. The summed E-state index contributed by atoms with van der Waals surface area (Å²) in [6, 6.07) is 5.36. The fourth-order valence-electron chi connectivity index (χ4n) is 3.66. The Morgan fingerprint density at radius 2 is 1.79 bits per heavy atom. The lowest BCUT2D eigenvalue weighted by atomic mass is 10.2. The molecular weight excluding hydrogens is 377 g/mol. The summed E-state index contributed by atoms with van der Waals surface area (Å²) in [5.41, 5.74) is 0.800. The molecule has 0 bridgehead atoms. The van der Waals surface area contributed by atoms with Crippen LogP contribution in [0.4, 0.5) is 4.39 Å². The second-order valence-corrected chi connectivity index (χ2v) is 7.18. The maximum absolute atomic E-state index is 14.5. The summed E-state index contributed by atoms with van der Waals surface area (Å²) in [5, 5.41) is 0. The van der Waals surface area contributed by atoms with Crippen molar-refractivity contribution >= 4 is 22.7 Å². The SMILES string of the molecule is CC(=O)C(C)n1c(=O)c2c(nc3n(-c4ccccc4F)c(C)c(C)n23)n(C)c1=O. The average Bonchev–Trinajstić information content (AvgIpc) is 3.17. The Bertz CT molecular complexity index is 1440. The van der Waals surface area contributed by atoms with Crippen molar-refractivity contribution in [3.8, 4) is 5.69 Å². The zero-order valence-electron chi connectivity index (χ0n) is 16.7. The molecule has 150 valence electrons. The number of para-hydroxylation sites is 1. The van der Waals surface area contributed by atoms with Gasteiger partial charge in [0.15, 0.2) is 16.9 Å². The molecule has 3 heterocycles. The number of nitrogens with zero attached hydrogens (tertiary/aromatic N) is 5. The molecule has 0 saturated heterocycles. The van der Waals surface area contributed by atoms with E-state index in [1.165, 1.54) is 31.5 Å². The molecule has 0 radical (unpaired) electrons. The van der Waals surface area contributed by atoms with Gasteiger partial charge in [-0.3, -0.25) is 23.1 Å². The summed E-state index contributed by atoms with van der Waals surface area (Å²) in [7, 11) is 1.50. The molecule has 1 atom stereocenters. The Hall–Kier alpha value is -3.49. The minimum absolute atomic E-state index is 0.172. The summed E-state index contributed by atoms with van der Waals surface area (Å²) in [6.07, 6.45) is 0. The molecule has 0 fully saturated rings. The van der Waals surface area contributed by atoms with Gasteiger partial charge in [-0.2, -0.15) is 4.98 Å². The van der Waals surface area contributed by atoms with Crippen molar-refractivity contribution in [1.82, 2.24) is 23.1 Å². The number of rotatable bonds is 3. The van der Waals surface area contributed by atoms with Crippen molar-refractivity contribution < 1.29 is 9.18 Å². The second-order valence-electron chi connectivity index (χ2n) is 7.18. The van der Waals surface area contributed by atoms with Crippen LogP contribution in [0.2, 0.25) is 0 Å². The van der Waals surface area contributed by atoms with Crippen LogP contribution in [0.1, 0.15) is 31.3 Å². The van der Waals surface area contributed by atoms with Crippen LogP contribution < -0.4 is 11.2 Å². The quantitative estimate of drug-likeness (QED) is 0.530. The number of aryl methyl sites for hydroxylation is 2. The summed E-state index contributed by atoms with van der Waals surface area (Å²) in [5.74, 6) is -0.418. The van der Waals surface area contributed by atoms with Crippen molar-refractivity contribution in [1.29, 1.82) is 0 Å². The monoisotopic (exact) mass is 397 g/mol. The third kappa shape index (κ3) is 2.43. The van der Waals surface area contributed by atoms with E-state index in [-0.39, 0.29) is 16.9 Å². The van der Waals surface area contributed by atoms with Gasteiger partial charge in [0.1, 0.15) is 5.82 Å². The number of Topliss-reactive ketones (excluding diaryl/α,β-unsaturated/α-hetero) is 1. The first-order valence-corrected chi connectivity index (χ1v) is 9.13. The van der Waals surface area contributed by atoms with Gasteiger partial charge in [-0.25, -0.2) is 13.8 Å². The largest absolute Gasteiger partial charge is 0.333 e. The van der Waals surface area contributed by atoms with Crippen LogP contribution in [0.15, 0.2) is 33.9 Å². The first-order chi connectivity index (χ1) is 13.7. The van der Waals surface area contributed by atoms with E-state index in [4.69, 9.17) is 0 Å². The van der Waals surface area contributed by atoms with E-state index in [1.54, 1.807) is 41.0 Å². The standard InChI is InChI=1S/C20H20FN5O3/c1-10-11(2)25-16-17(22-19(25)24(10)15-9-7-6-8-14(15)21)23(5)20(29)26(18(16)28)12(3)13(4)27/h6-9,12H,1-5H3. The Kier molecular flexibility index (Phi) is 4.07. The number of aromatic nitrogens is 5. The number of hydrogen-bond donors (Lipinski definition) is 0. The van der Waals surface area contributed by atoms with Gasteiger partial charge in [0.05, 0.1) is 11.7 Å². The molecule has 1 aromatic carbocycles. The smallest absolute Gasteiger partial charge is 0.298 e. The maximum Gasteiger partial charge on any atom is 0.333 e. The lowest BCUT2D eigenvalue weighted by molar-refractivity contribution is -0.119. The molecular formula is C20H20FN5O3. The molecule has 0 saturated carbocycles. The highest BCUT2D eigenvalue weighted by Gasteiger charge is 2.26. The van der Waals surface area contributed by atoms with Crippen LogP contribution in [-0.2, 0) is 11.8 Å². The molecule has 0 spiro atoms. The molecule has 4 rings (SSSR count). The highest BCUT2D eigenvalue weighted by molar-refractivity contribution is 5.81. The number of imidazole rings is 2. The van der Waals surface area contributed by atoms with Gasteiger partial charge in [-0.15, -0.1) is 0 Å². The molecule has 4 aromatic rings. The first kappa shape index (κ1) is 18.9. The summed E-state index contributed by atoms with van der Waals surface area (Å²) >= 11 is 0. The van der Waals surface area contributed by atoms with Crippen molar-refractivity contribution in [2.45, 2.75) is 33.7 Å². The minimum atomic E-state index is -0.911. The maximum atomic E-state index is 14.5. The number of benzene rings is 1. The number of carbonyl (C=O) groups excluding carboxylic acids is 1. The molecule has 0 aliphatic rings. The van der Waals surface area contributed by atoms with Crippen molar-refractivity contribution in [2.24, 2.45) is 7.05 Å². The van der Waals surface area contributed by atoms with Crippen LogP contribution in [-0.4, -0.2) is 28.9 Å². The first-order valence-electron chi connectivity index (χ1n) is 9.13. The van der Waals surface area contributed by atoms with Gasteiger partial charge in [-0.1, -0.05) is 12.1 Å². The molecule has 29 heavy (non-hydrogen) atoms. The van der Waals surface area contributed by atoms with Crippen LogP contribution in [0, 0.1) is 19.7 Å². The van der Waals surface area contributed by atoms with Gasteiger partial charge >= 0.3 is 5.69 Å². The zero-order chi connectivity index (χ0) is 21.2. The summed E-state index contributed by atoms with van der Waals surface area (Å²) in [4.78, 5) is 42.4. The molecule has 0 N–H and O–H groups in total.